The van der Waals surface area contributed by atoms with Crippen molar-refractivity contribution in [3.05, 3.63) is 59.9 Å². The highest BCUT2D eigenvalue weighted by molar-refractivity contribution is 5.48. The molecule has 0 aliphatic heterocycles. The summed E-state index contributed by atoms with van der Waals surface area (Å²) in [4.78, 5) is 0. The van der Waals surface area contributed by atoms with E-state index in [0.717, 1.165) is 0 Å². The molecule has 0 heterocycles. The van der Waals surface area contributed by atoms with E-state index in [-0.39, 0.29) is 12.4 Å². The summed E-state index contributed by atoms with van der Waals surface area (Å²) in [5.74, 6) is -0.468. The van der Waals surface area contributed by atoms with Crippen LogP contribution >= 0.6 is 0 Å². The highest BCUT2D eigenvalue weighted by Crippen LogP contribution is 2.29. The molecule has 0 fully saturated rings. The lowest BCUT2D eigenvalue weighted by molar-refractivity contribution is -0.0507. The molecule has 3 nitrogen and oxygen atoms in total. The van der Waals surface area contributed by atoms with Crippen molar-refractivity contribution < 1.29 is 23.0 Å². The molecular weight excluding hydrogens is 283 g/mol. The van der Waals surface area contributed by atoms with Crippen LogP contribution in [0.2, 0.25) is 0 Å². The van der Waals surface area contributed by atoms with E-state index in [1.807, 2.05) is 0 Å². The van der Waals surface area contributed by atoms with Crippen LogP contribution in [-0.4, -0.2) is 18.3 Å². The Morgan fingerprint density at radius 2 is 1.86 bits per heavy atom. The average molecular weight is 297 g/mol. The zero-order chi connectivity index (χ0) is 15.2. The standard InChI is InChI=1S/C15H14F3NO2/c16-10-4-3-5-11(8-10)19-13(9-20)12-6-1-2-7-14(12)21-15(17)18/h1-8,13,15,19-20H,9H2. The fourth-order valence-corrected chi connectivity index (χ4v) is 1.97. The molecule has 2 N–H and O–H groups in total. The van der Waals surface area contributed by atoms with Crippen LogP contribution in [0.15, 0.2) is 48.5 Å². The van der Waals surface area contributed by atoms with Crippen molar-refractivity contribution in [1.29, 1.82) is 0 Å². The van der Waals surface area contributed by atoms with Crippen LogP contribution in [0.4, 0.5) is 18.9 Å². The number of anilines is 1. The fourth-order valence-electron chi connectivity index (χ4n) is 1.97. The van der Waals surface area contributed by atoms with Crippen LogP contribution in [0.25, 0.3) is 0 Å². The third-order valence-electron chi connectivity index (χ3n) is 2.86. The Hall–Kier alpha value is -2.21. The molecular formula is C15H14F3NO2. The van der Waals surface area contributed by atoms with Crippen LogP contribution in [0.5, 0.6) is 5.75 Å². The molecule has 0 spiro atoms. The summed E-state index contributed by atoms with van der Waals surface area (Å²) in [6, 6.07) is 11.1. The number of ether oxygens (including phenoxy) is 1. The zero-order valence-corrected chi connectivity index (χ0v) is 11.0. The summed E-state index contributed by atoms with van der Waals surface area (Å²) in [7, 11) is 0. The van der Waals surface area contributed by atoms with Crippen molar-refractivity contribution in [2.45, 2.75) is 12.7 Å². The quantitative estimate of drug-likeness (QED) is 0.856. The predicted molar refractivity (Wildman–Crippen MR) is 72.9 cm³/mol. The number of alkyl halides is 2. The first-order valence-electron chi connectivity index (χ1n) is 6.27. The smallest absolute Gasteiger partial charge is 0.387 e. The van der Waals surface area contributed by atoms with Gasteiger partial charge in [-0.1, -0.05) is 24.3 Å². The van der Waals surface area contributed by atoms with Crippen molar-refractivity contribution in [3.8, 4) is 5.75 Å². The van der Waals surface area contributed by atoms with Gasteiger partial charge in [0.2, 0.25) is 0 Å². The maximum Gasteiger partial charge on any atom is 0.387 e. The lowest BCUT2D eigenvalue weighted by atomic mass is 10.1. The molecule has 1 unspecified atom stereocenters. The third kappa shape index (κ3) is 4.13. The van der Waals surface area contributed by atoms with E-state index in [2.05, 4.69) is 10.1 Å². The van der Waals surface area contributed by atoms with Crippen molar-refractivity contribution in [2.75, 3.05) is 11.9 Å². The first kappa shape index (κ1) is 15.2. The second-order valence-electron chi connectivity index (χ2n) is 4.31. The summed E-state index contributed by atoms with van der Waals surface area (Å²) in [6.07, 6.45) is 0. The highest BCUT2D eigenvalue weighted by Gasteiger charge is 2.17. The Morgan fingerprint density at radius 1 is 1.10 bits per heavy atom. The van der Waals surface area contributed by atoms with Gasteiger partial charge >= 0.3 is 6.61 Å². The Morgan fingerprint density at radius 3 is 2.52 bits per heavy atom. The topological polar surface area (TPSA) is 41.5 Å². The van der Waals surface area contributed by atoms with Gasteiger partial charge < -0.3 is 15.2 Å². The molecule has 112 valence electrons. The molecule has 1 atom stereocenters. The van der Waals surface area contributed by atoms with Gasteiger partial charge in [0, 0.05) is 11.3 Å². The summed E-state index contributed by atoms with van der Waals surface area (Å²) in [5, 5.41) is 12.4. The molecule has 0 aliphatic carbocycles. The monoisotopic (exact) mass is 297 g/mol. The van der Waals surface area contributed by atoms with Crippen LogP contribution in [-0.2, 0) is 0 Å². The van der Waals surface area contributed by atoms with Crippen LogP contribution in [0, 0.1) is 5.82 Å². The molecule has 0 radical (unpaired) electrons. The molecule has 0 saturated heterocycles. The number of halogens is 3. The number of hydrogen-bond acceptors (Lipinski definition) is 3. The maximum absolute atomic E-state index is 13.1. The molecule has 0 amide bonds. The normalized spacial score (nSPS) is 12.2. The number of rotatable bonds is 6. The van der Waals surface area contributed by atoms with Crippen molar-refractivity contribution in [3.63, 3.8) is 0 Å². The zero-order valence-electron chi connectivity index (χ0n) is 11.0. The number of benzene rings is 2. The van der Waals surface area contributed by atoms with E-state index >= 15 is 0 Å². The molecule has 0 saturated carbocycles. The largest absolute Gasteiger partial charge is 0.434 e. The van der Waals surface area contributed by atoms with E-state index in [9.17, 15) is 18.3 Å². The van der Waals surface area contributed by atoms with Gasteiger partial charge in [0.25, 0.3) is 0 Å². The molecule has 2 aromatic carbocycles. The Kier molecular flexibility index (Phi) is 5.05. The number of aliphatic hydroxyl groups is 1. The minimum atomic E-state index is -2.96. The molecule has 0 bridgehead atoms. The highest BCUT2D eigenvalue weighted by atomic mass is 19.3. The van der Waals surface area contributed by atoms with E-state index in [4.69, 9.17) is 0 Å². The Balaban J connectivity index is 2.25. The molecule has 0 aliphatic rings. The van der Waals surface area contributed by atoms with Gasteiger partial charge in [0.1, 0.15) is 11.6 Å². The van der Waals surface area contributed by atoms with Gasteiger partial charge in [-0.2, -0.15) is 8.78 Å². The Labute approximate surface area is 120 Å². The summed E-state index contributed by atoms with van der Waals surface area (Å²) < 4.78 is 42.4. The lowest BCUT2D eigenvalue weighted by Crippen LogP contribution is -2.17. The van der Waals surface area contributed by atoms with E-state index in [1.165, 1.54) is 24.3 Å². The number of para-hydroxylation sites is 1. The van der Waals surface area contributed by atoms with Gasteiger partial charge in [0.05, 0.1) is 12.6 Å². The molecule has 2 aromatic rings. The SMILES string of the molecule is OCC(Nc1cccc(F)c1)c1ccccc1OC(F)F. The minimum Gasteiger partial charge on any atom is -0.434 e. The first-order chi connectivity index (χ1) is 10.1. The Bertz CT molecular complexity index is 593. The van der Waals surface area contributed by atoms with Gasteiger partial charge in [-0.05, 0) is 24.3 Å². The van der Waals surface area contributed by atoms with E-state index in [0.29, 0.717) is 11.3 Å². The number of aliphatic hydroxyl groups excluding tert-OH is 1. The number of hydrogen-bond donors (Lipinski definition) is 2. The second-order valence-corrected chi connectivity index (χ2v) is 4.31. The fraction of sp³-hybridized carbons (Fsp3) is 0.200. The summed E-state index contributed by atoms with van der Waals surface area (Å²) in [6.45, 7) is -3.32. The molecule has 0 aromatic heterocycles. The molecule has 2 rings (SSSR count). The molecule has 21 heavy (non-hydrogen) atoms. The predicted octanol–water partition coefficient (Wildman–Crippen LogP) is 3.57. The van der Waals surface area contributed by atoms with Crippen molar-refractivity contribution in [2.24, 2.45) is 0 Å². The summed E-state index contributed by atoms with van der Waals surface area (Å²) in [5.41, 5.74) is 0.797. The maximum atomic E-state index is 13.1. The van der Waals surface area contributed by atoms with Crippen LogP contribution < -0.4 is 10.1 Å². The first-order valence-corrected chi connectivity index (χ1v) is 6.27. The average Bonchev–Trinajstić information content (AvgIpc) is 2.45. The van der Waals surface area contributed by atoms with Crippen LogP contribution in [0.1, 0.15) is 11.6 Å². The number of nitrogens with one attached hydrogen (secondary N) is 1. The van der Waals surface area contributed by atoms with Crippen molar-refractivity contribution in [1.82, 2.24) is 0 Å². The van der Waals surface area contributed by atoms with E-state index < -0.39 is 18.5 Å². The van der Waals surface area contributed by atoms with Gasteiger partial charge in [0.15, 0.2) is 0 Å². The minimum absolute atomic E-state index is 0.0320. The van der Waals surface area contributed by atoms with Gasteiger partial charge in [-0.3, -0.25) is 0 Å². The van der Waals surface area contributed by atoms with Gasteiger partial charge in [-0.25, -0.2) is 4.39 Å². The van der Waals surface area contributed by atoms with Crippen LogP contribution in [0.3, 0.4) is 0 Å². The van der Waals surface area contributed by atoms with Crippen molar-refractivity contribution >= 4 is 5.69 Å². The second kappa shape index (κ2) is 6.99. The third-order valence-corrected chi connectivity index (χ3v) is 2.86. The lowest BCUT2D eigenvalue weighted by Gasteiger charge is -2.21. The van der Waals surface area contributed by atoms with E-state index in [1.54, 1.807) is 24.3 Å². The molecule has 6 heteroatoms. The summed E-state index contributed by atoms with van der Waals surface area (Å²) >= 11 is 0. The van der Waals surface area contributed by atoms with Gasteiger partial charge in [-0.15, -0.1) is 0 Å².